The largest absolute Gasteiger partial charge is 0.380 e. The van der Waals surface area contributed by atoms with E-state index in [1.165, 1.54) is 61.6 Å². The SMILES string of the molecule is CCCC(S)CCCC1([SiH3])CCCCO1. The maximum atomic E-state index is 5.94. The van der Waals surface area contributed by atoms with Crippen LogP contribution in [0.2, 0.25) is 0 Å². The zero-order valence-electron chi connectivity index (χ0n) is 10.3. The third-order valence-electron chi connectivity index (χ3n) is 3.42. The average Bonchev–Trinajstić information content (AvgIpc) is 2.19. The van der Waals surface area contributed by atoms with Crippen molar-refractivity contribution in [1.82, 2.24) is 0 Å². The van der Waals surface area contributed by atoms with E-state index >= 15 is 0 Å². The molecule has 1 nitrogen and oxygen atoms in total. The molecule has 2 atom stereocenters. The fraction of sp³-hybridized carbons (Fsp3) is 1.00. The summed E-state index contributed by atoms with van der Waals surface area (Å²) in [6.07, 6.45) is 10.3. The Kier molecular flexibility index (Phi) is 6.32. The smallest absolute Gasteiger partial charge is 0.0486 e. The summed E-state index contributed by atoms with van der Waals surface area (Å²) < 4.78 is 5.94. The van der Waals surface area contributed by atoms with Crippen LogP contribution in [0.25, 0.3) is 0 Å². The number of hydrogen-bond donors (Lipinski definition) is 1. The zero-order valence-corrected chi connectivity index (χ0v) is 13.2. The van der Waals surface area contributed by atoms with Crippen LogP contribution in [0.3, 0.4) is 0 Å². The molecule has 0 aromatic carbocycles. The predicted octanol–water partition coefficient (Wildman–Crippen LogP) is 2.52. The Hall–Kier alpha value is 0.527. The van der Waals surface area contributed by atoms with Crippen LogP contribution in [0.4, 0.5) is 0 Å². The molecular weight excluding hydrogens is 220 g/mol. The average molecular weight is 246 g/mol. The van der Waals surface area contributed by atoms with Gasteiger partial charge in [-0.25, -0.2) is 0 Å². The lowest BCUT2D eigenvalue weighted by atomic mass is 10.0. The zero-order chi connectivity index (χ0) is 11.1. The van der Waals surface area contributed by atoms with Crippen molar-refractivity contribution in [2.24, 2.45) is 0 Å². The van der Waals surface area contributed by atoms with Crippen LogP contribution < -0.4 is 0 Å². The van der Waals surface area contributed by atoms with E-state index in [4.69, 9.17) is 4.74 Å². The Balaban J connectivity index is 2.12. The van der Waals surface area contributed by atoms with Crippen LogP contribution in [0, 0.1) is 0 Å². The van der Waals surface area contributed by atoms with Crippen molar-refractivity contribution >= 4 is 22.9 Å². The first kappa shape index (κ1) is 13.6. The van der Waals surface area contributed by atoms with E-state index in [0.29, 0.717) is 10.5 Å². The molecule has 0 bridgehead atoms. The summed E-state index contributed by atoms with van der Waals surface area (Å²) in [5.41, 5.74) is 0. The molecule has 0 aromatic heterocycles. The first-order chi connectivity index (χ1) is 7.16. The third kappa shape index (κ3) is 5.41. The van der Waals surface area contributed by atoms with Crippen LogP contribution >= 0.6 is 12.6 Å². The molecule has 15 heavy (non-hydrogen) atoms. The Labute approximate surface area is 103 Å². The molecule has 1 aliphatic rings. The van der Waals surface area contributed by atoms with Crippen molar-refractivity contribution < 1.29 is 4.74 Å². The van der Waals surface area contributed by atoms with Gasteiger partial charge in [-0.15, -0.1) is 0 Å². The standard InChI is InChI=1S/C12H26OSSi/c1-2-6-11(14)7-5-9-12(15)8-3-4-10-13-12/h11,14H,2-10H2,1,15H3. The molecule has 1 rings (SSSR count). The van der Waals surface area contributed by atoms with E-state index in [1.807, 2.05) is 0 Å². The van der Waals surface area contributed by atoms with Crippen LogP contribution in [-0.2, 0) is 4.74 Å². The van der Waals surface area contributed by atoms with Gasteiger partial charge in [-0.2, -0.15) is 12.6 Å². The van der Waals surface area contributed by atoms with Crippen LogP contribution in [0.15, 0.2) is 0 Å². The maximum absolute atomic E-state index is 5.94. The highest BCUT2D eigenvalue weighted by molar-refractivity contribution is 7.80. The van der Waals surface area contributed by atoms with Crippen LogP contribution in [-0.4, -0.2) is 27.3 Å². The lowest BCUT2D eigenvalue weighted by Gasteiger charge is -2.34. The maximum Gasteiger partial charge on any atom is 0.0486 e. The second-order valence-corrected chi connectivity index (χ2v) is 7.64. The van der Waals surface area contributed by atoms with Crippen LogP contribution in [0.1, 0.15) is 58.3 Å². The van der Waals surface area contributed by atoms with E-state index in [9.17, 15) is 0 Å². The van der Waals surface area contributed by atoms with Gasteiger partial charge in [0.25, 0.3) is 0 Å². The molecular formula is C12H26OSSi. The second-order valence-electron chi connectivity index (χ2n) is 5.09. The number of thiol groups is 1. The van der Waals surface area contributed by atoms with E-state index in [0.717, 1.165) is 6.61 Å². The summed E-state index contributed by atoms with van der Waals surface area (Å²) in [4.78, 5) is 0. The van der Waals surface area contributed by atoms with Gasteiger partial charge in [0, 0.05) is 27.3 Å². The summed E-state index contributed by atoms with van der Waals surface area (Å²) >= 11 is 4.61. The summed E-state index contributed by atoms with van der Waals surface area (Å²) in [5.74, 6) is 0. The Morgan fingerprint density at radius 2 is 2.20 bits per heavy atom. The third-order valence-corrected chi connectivity index (χ3v) is 5.22. The molecule has 1 saturated heterocycles. The Morgan fingerprint density at radius 3 is 2.80 bits per heavy atom. The molecule has 1 heterocycles. The second kappa shape index (κ2) is 6.97. The molecule has 90 valence electrons. The first-order valence-electron chi connectivity index (χ1n) is 6.48. The Bertz CT molecular complexity index is 169. The quantitative estimate of drug-likeness (QED) is 0.560. The minimum Gasteiger partial charge on any atom is -0.380 e. The van der Waals surface area contributed by atoms with Crippen molar-refractivity contribution in [2.75, 3.05) is 6.61 Å². The minimum absolute atomic E-state index is 0.317. The van der Waals surface area contributed by atoms with Gasteiger partial charge in [-0.1, -0.05) is 13.3 Å². The molecule has 0 radical (unpaired) electrons. The fourth-order valence-electron chi connectivity index (χ4n) is 2.38. The summed E-state index contributed by atoms with van der Waals surface area (Å²) in [7, 11) is 1.20. The summed E-state index contributed by atoms with van der Waals surface area (Å²) in [5, 5.41) is 0.932. The van der Waals surface area contributed by atoms with Gasteiger partial charge in [0.15, 0.2) is 0 Å². The molecule has 0 amide bonds. The molecule has 0 saturated carbocycles. The lowest BCUT2D eigenvalue weighted by Crippen LogP contribution is -2.36. The number of ether oxygens (including phenoxy) is 1. The van der Waals surface area contributed by atoms with Gasteiger partial charge in [-0.3, -0.25) is 0 Å². The summed E-state index contributed by atoms with van der Waals surface area (Å²) in [6.45, 7) is 3.24. The van der Waals surface area contributed by atoms with E-state index < -0.39 is 0 Å². The molecule has 0 aromatic rings. The fourth-order valence-corrected chi connectivity index (χ4v) is 3.73. The monoisotopic (exact) mass is 246 g/mol. The first-order valence-corrected chi connectivity index (χ1v) is 8.00. The summed E-state index contributed by atoms with van der Waals surface area (Å²) in [6, 6.07) is 0. The predicted molar refractivity (Wildman–Crippen MR) is 74.0 cm³/mol. The van der Waals surface area contributed by atoms with Gasteiger partial charge in [0.1, 0.15) is 0 Å². The van der Waals surface area contributed by atoms with Gasteiger partial charge >= 0.3 is 0 Å². The normalized spacial score (nSPS) is 29.2. The molecule has 0 spiro atoms. The van der Waals surface area contributed by atoms with Crippen molar-refractivity contribution in [2.45, 2.75) is 68.8 Å². The molecule has 1 fully saturated rings. The van der Waals surface area contributed by atoms with Gasteiger partial charge in [0.2, 0.25) is 0 Å². The number of hydrogen-bond acceptors (Lipinski definition) is 2. The highest BCUT2D eigenvalue weighted by Crippen LogP contribution is 2.27. The van der Waals surface area contributed by atoms with E-state index in [1.54, 1.807) is 0 Å². The van der Waals surface area contributed by atoms with Crippen molar-refractivity contribution in [3.05, 3.63) is 0 Å². The van der Waals surface area contributed by atoms with E-state index in [2.05, 4.69) is 19.6 Å². The lowest BCUT2D eigenvalue weighted by molar-refractivity contribution is -0.0239. The Morgan fingerprint density at radius 1 is 1.40 bits per heavy atom. The number of rotatable bonds is 6. The van der Waals surface area contributed by atoms with Crippen molar-refractivity contribution in [3.63, 3.8) is 0 Å². The highest BCUT2D eigenvalue weighted by atomic mass is 32.1. The molecule has 3 heteroatoms. The topological polar surface area (TPSA) is 9.23 Å². The molecule has 0 N–H and O–H groups in total. The van der Waals surface area contributed by atoms with Crippen LogP contribution in [0.5, 0.6) is 0 Å². The molecule has 0 aliphatic carbocycles. The van der Waals surface area contributed by atoms with Crippen molar-refractivity contribution in [3.8, 4) is 0 Å². The van der Waals surface area contributed by atoms with Gasteiger partial charge < -0.3 is 4.74 Å². The minimum atomic E-state index is 0.317. The van der Waals surface area contributed by atoms with E-state index in [-0.39, 0.29) is 0 Å². The van der Waals surface area contributed by atoms with Crippen molar-refractivity contribution in [1.29, 1.82) is 0 Å². The highest BCUT2D eigenvalue weighted by Gasteiger charge is 2.26. The molecule has 1 aliphatic heterocycles. The van der Waals surface area contributed by atoms with Gasteiger partial charge in [-0.05, 0) is 44.9 Å². The van der Waals surface area contributed by atoms with Gasteiger partial charge in [0.05, 0.1) is 0 Å². The molecule has 2 unspecified atom stereocenters.